The van der Waals surface area contributed by atoms with Crippen molar-refractivity contribution < 1.29 is 122 Å². The van der Waals surface area contributed by atoms with Gasteiger partial charge in [0.25, 0.3) is 21.2 Å². The second kappa shape index (κ2) is 14.7. The largest absolute Gasteiger partial charge is 1.00 e. The number of hydrogen-bond donors (Lipinski definition) is 6. The van der Waals surface area contributed by atoms with Crippen LogP contribution in [0.25, 0.3) is 0 Å². The summed E-state index contributed by atoms with van der Waals surface area (Å²) in [4.78, 5) is 49.4. The molecule has 1 saturated heterocycles. The molecule has 38 heavy (non-hydrogen) atoms. The molecule has 2 heterocycles. The average Bonchev–Trinajstić information content (AvgIpc) is 3.06. The summed E-state index contributed by atoms with van der Waals surface area (Å²) in [6, 6.07) is -0.0418. The normalized spacial score (nSPS) is 36.4. The minimum atomic E-state index is -5.70. The van der Waals surface area contributed by atoms with Crippen molar-refractivity contribution >= 4 is 15.6 Å². The summed E-state index contributed by atoms with van der Waals surface area (Å²) in [5, 5.41) is 49.4. The molecular formula is C17H26N2Na2O15P2. The first-order valence-corrected chi connectivity index (χ1v) is 13.5. The number of aliphatic hydroxyl groups excluding tert-OH is 5. The number of nitrogens with one attached hydrogen (secondary N) is 1. The van der Waals surface area contributed by atoms with E-state index >= 15 is 0 Å². The molecule has 2 fully saturated rings. The Labute approximate surface area is 259 Å². The summed E-state index contributed by atoms with van der Waals surface area (Å²) in [5.41, 5.74) is -1.56. The number of rotatable bonds is 9. The predicted molar refractivity (Wildman–Crippen MR) is 111 cm³/mol. The van der Waals surface area contributed by atoms with E-state index < -0.39 is 94.8 Å². The quantitative estimate of drug-likeness (QED) is 0.112. The van der Waals surface area contributed by atoms with Gasteiger partial charge in [-0.05, 0) is 6.42 Å². The summed E-state index contributed by atoms with van der Waals surface area (Å²) >= 11 is 0. The molecule has 0 bridgehead atoms. The van der Waals surface area contributed by atoms with Crippen LogP contribution in [0.4, 0.5) is 0 Å². The molecule has 1 aliphatic carbocycles. The van der Waals surface area contributed by atoms with Crippen molar-refractivity contribution in [3.05, 3.63) is 33.1 Å². The fourth-order valence-corrected chi connectivity index (χ4v) is 6.24. The third kappa shape index (κ3) is 8.85. The van der Waals surface area contributed by atoms with Crippen molar-refractivity contribution in [3.8, 4) is 0 Å². The Kier molecular flexibility index (Phi) is 14.2. The zero-order chi connectivity index (χ0) is 27.0. The van der Waals surface area contributed by atoms with Crippen LogP contribution in [0.1, 0.15) is 19.4 Å². The molecule has 11 atom stereocenters. The molecule has 0 aromatic carbocycles. The van der Waals surface area contributed by atoms with Gasteiger partial charge in [-0.2, -0.15) is 0 Å². The first kappa shape index (κ1) is 36.7. The molecule has 17 nitrogen and oxygen atoms in total. The molecule has 0 amide bonds. The standard InChI is InChI=1S/C17H28N2O15P2.2Na/c1-7-12(22)15(25)10(5-20)32-16(7)33-36(29,30)34-35(27,28)31-6-8-4-9(14(24)13(8)23)19-3-2-11(21)18-17(19)26;;/h2-3,7-10,12-16,20,22-25H,4-6H2,1H3,(H,27,28)(H,29,30)(H,18,21,26);;/q;2*+1/p-2/t7-,8-,9-,10-,12-,13+,14?,15+,16?;;/m1../s1. The van der Waals surface area contributed by atoms with E-state index in [-0.39, 0.29) is 65.5 Å². The van der Waals surface area contributed by atoms with E-state index in [0.29, 0.717) is 0 Å². The molecule has 4 unspecified atom stereocenters. The van der Waals surface area contributed by atoms with Crippen LogP contribution in [0.15, 0.2) is 21.9 Å². The molecule has 3 rings (SSSR count). The maximum atomic E-state index is 12.1. The number of H-pyrrole nitrogens is 1. The van der Waals surface area contributed by atoms with Gasteiger partial charge in [0.2, 0.25) is 0 Å². The average molecular weight is 606 g/mol. The minimum absolute atomic E-state index is 0. The fourth-order valence-electron chi connectivity index (χ4n) is 4.05. The van der Waals surface area contributed by atoms with Crippen LogP contribution in [0.5, 0.6) is 0 Å². The fraction of sp³-hybridized carbons (Fsp3) is 0.765. The van der Waals surface area contributed by atoms with Crippen LogP contribution in [0, 0.1) is 11.8 Å². The molecule has 1 aromatic rings. The molecule has 21 heteroatoms. The molecule has 2 aliphatic rings. The van der Waals surface area contributed by atoms with Crippen LogP contribution >= 0.6 is 15.6 Å². The Balaban J connectivity index is 0.00000361. The zero-order valence-corrected chi connectivity index (χ0v) is 26.4. The zero-order valence-electron chi connectivity index (χ0n) is 20.6. The van der Waals surface area contributed by atoms with E-state index in [1.54, 1.807) is 0 Å². The second-order valence-corrected chi connectivity index (χ2v) is 11.4. The van der Waals surface area contributed by atoms with E-state index in [1.165, 1.54) is 6.92 Å². The molecule has 1 aromatic heterocycles. The van der Waals surface area contributed by atoms with E-state index in [1.807, 2.05) is 4.98 Å². The third-order valence-electron chi connectivity index (χ3n) is 6.05. The van der Waals surface area contributed by atoms with Gasteiger partial charge in [-0.1, -0.05) is 6.92 Å². The molecule has 1 saturated carbocycles. The topological polar surface area (TPSA) is 273 Å². The van der Waals surface area contributed by atoms with Crippen molar-refractivity contribution in [1.82, 2.24) is 9.55 Å². The Morgan fingerprint density at radius 1 is 1.08 bits per heavy atom. The SMILES string of the molecule is C[C@H]1C(OP(=O)([O-])OP(=O)([O-])OC[C@H]2C[C@@H](n3ccc(=O)[nH]c3=O)C(O)[C@H]2O)O[C@H](CO)[C@H](O)[C@@H]1O.[Na+].[Na+]. The van der Waals surface area contributed by atoms with Crippen molar-refractivity contribution in [3.63, 3.8) is 0 Å². The molecular weight excluding hydrogens is 580 g/mol. The van der Waals surface area contributed by atoms with Crippen LogP contribution in [0.2, 0.25) is 0 Å². The van der Waals surface area contributed by atoms with E-state index in [9.17, 15) is 54.0 Å². The van der Waals surface area contributed by atoms with Gasteiger partial charge in [0.15, 0.2) is 6.29 Å². The Hall–Kier alpha value is 0.700. The summed E-state index contributed by atoms with van der Waals surface area (Å²) < 4.78 is 43.3. The number of hydrogen-bond acceptors (Lipinski definition) is 15. The monoisotopic (exact) mass is 606 g/mol. The molecule has 0 spiro atoms. The first-order chi connectivity index (χ1) is 16.7. The van der Waals surface area contributed by atoms with Crippen molar-refractivity contribution in [2.45, 2.75) is 56.2 Å². The van der Waals surface area contributed by atoms with Crippen molar-refractivity contribution in [2.75, 3.05) is 13.2 Å². The van der Waals surface area contributed by atoms with Crippen LogP contribution in [-0.2, 0) is 27.2 Å². The molecule has 6 N–H and O–H groups in total. The van der Waals surface area contributed by atoms with Crippen LogP contribution in [-0.4, -0.2) is 85.1 Å². The Bertz CT molecular complexity index is 1140. The number of aromatic nitrogens is 2. The van der Waals surface area contributed by atoms with Gasteiger partial charge < -0.3 is 44.6 Å². The maximum absolute atomic E-state index is 12.1. The number of nitrogens with zero attached hydrogens (tertiary/aromatic N) is 1. The van der Waals surface area contributed by atoms with E-state index in [4.69, 9.17) is 4.74 Å². The van der Waals surface area contributed by atoms with Gasteiger partial charge in [-0.25, -0.2) is 9.11 Å². The number of phosphoric acid groups is 2. The van der Waals surface area contributed by atoms with Gasteiger partial charge in [0, 0.05) is 24.1 Å². The summed E-state index contributed by atoms with van der Waals surface area (Å²) in [6.45, 7) is -0.419. The van der Waals surface area contributed by atoms with Crippen LogP contribution in [0.3, 0.4) is 0 Å². The number of ether oxygens (including phenoxy) is 1. The smallest absolute Gasteiger partial charge is 0.756 e. The third-order valence-corrected chi connectivity index (χ3v) is 8.58. The molecule has 206 valence electrons. The Morgan fingerprint density at radius 2 is 1.71 bits per heavy atom. The van der Waals surface area contributed by atoms with E-state index in [2.05, 4.69) is 13.4 Å². The van der Waals surface area contributed by atoms with Gasteiger partial charge in [-0.15, -0.1) is 0 Å². The number of aliphatic hydroxyl groups is 5. The molecule has 1 aliphatic heterocycles. The molecule has 0 radical (unpaired) electrons. The van der Waals surface area contributed by atoms with Crippen molar-refractivity contribution in [1.29, 1.82) is 0 Å². The Morgan fingerprint density at radius 3 is 2.29 bits per heavy atom. The van der Waals surface area contributed by atoms with Gasteiger partial charge in [0.1, 0.15) is 18.3 Å². The van der Waals surface area contributed by atoms with Gasteiger partial charge in [-0.3, -0.25) is 28.0 Å². The second-order valence-electron chi connectivity index (χ2n) is 8.50. The number of aromatic amines is 1. The first-order valence-electron chi connectivity index (χ1n) is 10.6. The van der Waals surface area contributed by atoms with E-state index in [0.717, 1.165) is 16.8 Å². The summed E-state index contributed by atoms with van der Waals surface area (Å²) in [7, 11) is -11.3. The summed E-state index contributed by atoms with van der Waals surface area (Å²) in [6.07, 6.45) is -8.59. The predicted octanol–water partition coefficient (Wildman–Crippen LogP) is -10.1. The maximum Gasteiger partial charge on any atom is 1.00 e. The van der Waals surface area contributed by atoms with Gasteiger partial charge >= 0.3 is 64.8 Å². The van der Waals surface area contributed by atoms with Gasteiger partial charge in [0.05, 0.1) is 31.5 Å². The minimum Gasteiger partial charge on any atom is -0.756 e. The van der Waals surface area contributed by atoms with Crippen LogP contribution < -0.4 is 80.2 Å². The number of phosphoric ester groups is 2. The van der Waals surface area contributed by atoms with Crippen molar-refractivity contribution in [2.24, 2.45) is 11.8 Å². The summed E-state index contributed by atoms with van der Waals surface area (Å²) in [5.74, 6) is -2.27.